The van der Waals surface area contributed by atoms with Crippen molar-refractivity contribution < 1.29 is 18.0 Å². The molecular weight excluding hydrogens is 237 g/mol. The van der Waals surface area contributed by atoms with Gasteiger partial charge in [-0.25, -0.2) is 10.6 Å². The Morgan fingerprint density at radius 2 is 2.06 bits per heavy atom. The number of halogens is 3. The Morgan fingerprint density at radius 1 is 1.41 bits per heavy atom. The molecule has 0 aliphatic heterocycles. The summed E-state index contributed by atoms with van der Waals surface area (Å²) < 4.78 is 37.6. The van der Waals surface area contributed by atoms with E-state index in [0.29, 0.717) is 6.07 Å². The van der Waals surface area contributed by atoms with Crippen LogP contribution in [0.2, 0.25) is 0 Å². The highest BCUT2D eigenvalue weighted by Gasteiger charge is 2.33. The summed E-state index contributed by atoms with van der Waals surface area (Å²) in [6.45, 7) is 0. The number of carbonyl (C=O) groups excluding carboxylic acids is 1. The van der Waals surface area contributed by atoms with Crippen molar-refractivity contribution in [1.29, 1.82) is 5.26 Å². The molecule has 0 aromatic heterocycles. The first kappa shape index (κ1) is 12.8. The Morgan fingerprint density at radius 3 is 2.53 bits per heavy atom. The van der Waals surface area contributed by atoms with Gasteiger partial charge in [0.15, 0.2) is 0 Å². The molecule has 8 heteroatoms. The number of urea groups is 1. The van der Waals surface area contributed by atoms with E-state index < -0.39 is 23.3 Å². The van der Waals surface area contributed by atoms with Crippen molar-refractivity contribution in [3.8, 4) is 6.07 Å². The standard InChI is InChI=1S/C9H7F3N4O/c10-9(11,12)7-3-6(15-8(17)16-14)2-1-5(7)4-13/h1-3H,14H2,(H2,15,16,17). The molecule has 0 saturated heterocycles. The number of hydrazine groups is 1. The molecule has 0 heterocycles. The molecule has 4 N–H and O–H groups in total. The Balaban J connectivity index is 3.15. The fourth-order valence-corrected chi connectivity index (χ4v) is 1.12. The second-order valence-corrected chi connectivity index (χ2v) is 2.97. The van der Waals surface area contributed by atoms with E-state index in [1.165, 1.54) is 12.1 Å². The van der Waals surface area contributed by atoms with Gasteiger partial charge < -0.3 is 5.32 Å². The zero-order valence-corrected chi connectivity index (χ0v) is 8.30. The number of nitriles is 1. The molecule has 1 rings (SSSR count). The van der Waals surface area contributed by atoms with E-state index in [1.54, 1.807) is 5.43 Å². The summed E-state index contributed by atoms with van der Waals surface area (Å²) in [4.78, 5) is 10.8. The number of amides is 2. The van der Waals surface area contributed by atoms with Crippen molar-refractivity contribution in [3.63, 3.8) is 0 Å². The molecule has 0 saturated carbocycles. The number of alkyl halides is 3. The molecule has 0 radical (unpaired) electrons. The largest absolute Gasteiger partial charge is 0.417 e. The summed E-state index contributed by atoms with van der Waals surface area (Å²) in [6, 6.07) is 3.36. The average Bonchev–Trinajstić information content (AvgIpc) is 2.27. The SMILES string of the molecule is N#Cc1ccc(NC(=O)NN)cc1C(F)(F)F. The molecule has 0 aliphatic rings. The number of hydrogen-bond acceptors (Lipinski definition) is 3. The predicted octanol–water partition coefficient (Wildman–Crippen LogP) is 1.57. The fourth-order valence-electron chi connectivity index (χ4n) is 1.12. The van der Waals surface area contributed by atoms with Crippen LogP contribution in [0.25, 0.3) is 0 Å². The summed E-state index contributed by atoms with van der Waals surface area (Å²) in [6.07, 6.45) is -4.66. The highest BCUT2D eigenvalue weighted by Crippen LogP contribution is 2.33. The number of carbonyl (C=O) groups is 1. The third-order valence-corrected chi connectivity index (χ3v) is 1.83. The van der Waals surface area contributed by atoms with Gasteiger partial charge in [-0.1, -0.05) is 0 Å². The molecule has 1 aromatic rings. The molecular formula is C9H7F3N4O. The molecule has 0 atom stereocenters. The third kappa shape index (κ3) is 3.09. The smallest absolute Gasteiger partial charge is 0.307 e. The summed E-state index contributed by atoms with van der Waals surface area (Å²) in [7, 11) is 0. The van der Waals surface area contributed by atoms with E-state index in [4.69, 9.17) is 11.1 Å². The predicted molar refractivity (Wildman–Crippen MR) is 52.5 cm³/mol. The van der Waals surface area contributed by atoms with E-state index in [9.17, 15) is 18.0 Å². The van der Waals surface area contributed by atoms with E-state index in [1.807, 2.05) is 0 Å². The maximum Gasteiger partial charge on any atom is 0.417 e. The molecule has 5 nitrogen and oxygen atoms in total. The Hall–Kier alpha value is -2.27. The van der Waals surface area contributed by atoms with Crippen molar-refractivity contribution in [2.24, 2.45) is 5.84 Å². The van der Waals surface area contributed by atoms with Gasteiger partial charge in [-0.2, -0.15) is 18.4 Å². The first-order valence-corrected chi connectivity index (χ1v) is 4.27. The minimum Gasteiger partial charge on any atom is -0.307 e. The molecule has 0 spiro atoms. The van der Waals surface area contributed by atoms with Crippen LogP contribution in [0.5, 0.6) is 0 Å². The van der Waals surface area contributed by atoms with E-state index in [2.05, 4.69) is 5.32 Å². The topological polar surface area (TPSA) is 90.9 Å². The van der Waals surface area contributed by atoms with Crippen molar-refractivity contribution in [3.05, 3.63) is 29.3 Å². The van der Waals surface area contributed by atoms with Gasteiger partial charge in [-0.15, -0.1) is 0 Å². The summed E-state index contributed by atoms with van der Waals surface area (Å²) in [5.74, 6) is 4.76. The average molecular weight is 244 g/mol. The number of nitrogens with two attached hydrogens (primary N) is 1. The lowest BCUT2D eigenvalue weighted by Gasteiger charge is -2.11. The van der Waals surface area contributed by atoms with E-state index >= 15 is 0 Å². The van der Waals surface area contributed by atoms with Crippen molar-refractivity contribution >= 4 is 11.7 Å². The van der Waals surface area contributed by atoms with Gasteiger partial charge in [-0.3, -0.25) is 5.43 Å². The van der Waals surface area contributed by atoms with Crippen LogP contribution in [0, 0.1) is 11.3 Å². The van der Waals surface area contributed by atoms with E-state index in [-0.39, 0.29) is 5.69 Å². The molecule has 90 valence electrons. The number of rotatable bonds is 1. The molecule has 17 heavy (non-hydrogen) atoms. The minimum absolute atomic E-state index is 0.112. The number of nitrogens with zero attached hydrogens (tertiary/aromatic N) is 1. The zero-order valence-electron chi connectivity index (χ0n) is 8.30. The molecule has 1 aromatic carbocycles. The van der Waals surface area contributed by atoms with Gasteiger partial charge >= 0.3 is 12.2 Å². The van der Waals surface area contributed by atoms with Crippen molar-refractivity contribution in [1.82, 2.24) is 5.43 Å². The first-order valence-electron chi connectivity index (χ1n) is 4.27. The normalized spacial score (nSPS) is 10.5. The van der Waals surface area contributed by atoms with E-state index in [0.717, 1.165) is 6.07 Å². The monoisotopic (exact) mass is 244 g/mol. The second kappa shape index (κ2) is 4.71. The summed E-state index contributed by atoms with van der Waals surface area (Å²) >= 11 is 0. The summed E-state index contributed by atoms with van der Waals surface area (Å²) in [5.41, 5.74) is -0.0411. The van der Waals surface area contributed by atoms with Crippen LogP contribution in [0.1, 0.15) is 11.1 Å². The van der Waals surface area contributed by atoms with Gasteiger partial charge in [0.05, 0.1) is 17.2 Å². The highest BCUT2D eigenvalue weighted by molar-refractivity contribution is 5.88. The Bertz CT molecular complexity index is 478. The van der Waals surface area contributed by atoms with Crippen LogP contribution in [0.15, 0.2) is 18.2 Å². The molecule has 0 fully saturated rings. The van der Waals surface area contributed by atoms with Crippen LogP contribution < -0.4 is 16.6 Å². The van der Waals surface area contributed by atoms with Crippen molar-refractivity contribution in [2.75, 3.05) is 5.32 Å². The van der Waals surface area contributed by atoms with Gasteiger partial charge in [-0.05, 0) is 18.2 Å². The van der Waals surface area contributed by atoms with Gasteiger partial charge in [0, 0.05) is 5.69 Å². The van der Waals surface area contributed by atoms with Crippen LogP contribution >= 0.6 is 0 Å². The second-order valence-electron chi connectivity index (χ2n) is 2.97. The summed E-state index contributed by atoms with van der Waals surface area (Å²) in [5, 5.41) is 10.6. The Kier molecular flexibility index (Phi) is 3.55. The van der Waals surface area contributed by atoms with Crippen LogP contribution in [-0.4, -0.2) is 6.03 Å². The lowest BCUT2D eigenvalue weighted by atomic mass is 10.1. The number of nitrogens with one attached hydrogen (secondary N) is 2. The highest BCUT2D eigenvalue weighted by atomic mass is 19.4. The van der Waals surface area contributed by atoms with Gasteiger partial charge in [0.2, 0.25) is 0 Å². The molecule has 2 amide bonds. The van der Waals surface area contributed by atoms with Crippen LogP contribution in [0.3, 0.4) is 0 Å². The zero-order chi connectivity index (χ0) is 13.1. The molecule has 0 unspecified atom stereocenters. The minimum atomic E-state index is -4.66. The maximum absolute atomic E-state index is 12.5. The number of anilines is 1. The molecule has 0 bridgehead atoms. The number of benzene rings is 1. The lowest BCUT2D eigenvalue weighted by molar-refractivity contribution is -0.137. The van der Waals surface area contributed by atoms with Gasteiger partial charge in [0.25, 0.3) is 0 Å². The Labute approximate surface area is 94.0 Å². The van der Waals surface area contributed by atoms with Gasteiger partial charge in [0.1, 0.15) is 0 Å². The van der Waals surface area contributed by atoms with Crippen molar-refractivity contribution in [2.45, 2.75) is 6.18 Å². The molecule has 0 aliphatic carbocycles. The number of hydrogen-bond donors (Lipinski definition) is 3. The quantitative estimate of drug-likeness (QED) is 0.398. The lowest BCUT2D eigenvalue weighted by Crippen LogP contribution is -2.34. The third-order valence-electron chi connectivity index (χ3n) is 1.83. The van der Waals surface area contributed by atoms with Crippen LogP contribution in [-0.2, 0) is 6.18 Å². The fraction of sp³-hybridized carbons (Fsp3) is 0.111. The van der Waals surface area contributed by atoms with Crippen LogP contribution in [0.4, 0.5) is 23.7 Å². The maximum atomic E-state index is 12.5. The first-order chi connectivity index (χ1) is 7.88.